The number of ether oxygens (including phenoxy) is 1. The highest BCUT2D eigenvalue weighted by atomic mass is 16.5. The molecular weight excluding hydrogens is 248 g/mol. The van der Waals surface area contributed by atoms with Gasteiger partial charge in [0, 0.05) is 12.2 Å². The summed E-state index contributed by atoms with van der Waals surface area (Å²) in [5.41, 5.74) is 4.55. The molecule has 20 heavy (non-hydrogen) atoms. The summed E-state index contributed by atoms with van der Waals surface area (Å²) in [6, 6.07) is 10.2. The molecule has 2 rings (SSSR count). The van der Waals surface area contributed by atoms with Crippen molar-refractivity contribution in [1.29, 1.82) is 0 Å². The Morgan fingerprint density at radius 2 is 1.95 bits per heavy atom. The summed E-state index contributed by atoms with van der Waals surface area (Å²) < 4.78 is 5.99. The Morgan fingerprint density at radius 1 is 1.15 bits per heavy atom. The molecule has 0 amide bonds. The van der Waals surface area contributed by atoms with Crippen molar-refractivity contribution in [3.8, 4) is 11.5 Å². The van der Waals surface area contributed by atoms with Crippen LogP contribution in [-0.2, 0) is 13.0 Å². The fraction of sp³-hybridized carbons (Fsp3) is 0.353. The van der Waals surface area contributed by atoms with E-state index < -0.39 is 0 Å². The molecule has 0 bridgehead atoms. The first-order valence-electron chi connectivity index (χ1n) is 7.02. The maximum Gasteiger partial charge on any atom is 0.148 e. The number of rotatable bonds is 5. The Labute approximate surface area is 121 Å². The van der Waals surface area contributed by atoms with Gasteiger partial charge in [0.25, 0.3) is 0 Å². The first-order chi connectivity index (χ1) is 9.63. The fourth-order valence-corrected chi connectivity index (χ4v) is 2.19. The second-order valence-corrected chi connectivity index (χ2v) is 4.97. The predicted molar refractivity (Wildman–Crippen MR) is 82.4 cm³/mol. The van der Waals surface area contributed by atoms with Crippen LogP contribution in [0.3, 0.4) is 0 Å². The van der Waals surface area contributed by atoms with Gasteiger partial charge >= 0.3 is 0 Å². The lowest BCUT2D eigenvalue weighted by Crippen LogP contribution is -2.06. The zero-order chi connectivity index (χ0) is 14.5. The molecule has 2 aromatic rings. The second-order valence-electron chi connectivity index (χ2n) is 4.97. The smallest absolute Gasteiger partial charge is 0.148 e. The number of pyridine rings is 1. The molecule has 3 heteroatoms. The number of nitrogens with one attached hydrogen (secondary N) is 1. The molecule has 0 aliphatic rings. The van der Waals surface area contributed by atoms with Crippen LogP contribution >= 0.6 is 0 Å². The SMILES string of the molecule is CCc1nc(C)ccc1Oc1ccc(CNC)c(C)c1. The molecule has 0 spiro atoms. The molecule has 0 fully saturated rings. The highest BCUT2D eigenvalue weighted by Crippen LogP contribution is 2.26. The van der Waals surface area contributed by atoms with Crippen molar-refractivity contribution in [2.75, 3.05) is 7.05 Å². The van der Waals surface area contributed by atoms with E-state index in [0.717, 1.165) is 35.9 Å². The van der Waals surface area contributed by atoms with E-state index in [9.17, 15) is 0 Å². The first kappa shape index (κ1) is 14.5. The van der Waals surface area contributed by atoms with Gasteiger partial charge in [0.1, 0.15) is 11.5 Å². The summed E-state index contributed by atoms with van der Waals surface area (Å²) in [4.78, 5) is 4.52. The van der Waals surface area contributed by atoms with Crippen molar-refractivity contribution in [3.63, 3.8) is 0 Å². The summed E-state index contributed by atoms with van der Waals surface area (Å²) in [6.07, 6.45) is 0.869. The molecular formula is C17H22N2O. The molecule has 3 nitrogen and oxygen atoms in total. The van der Waals surface area contributed by atoms with Crippen molar-refractivity contribution in [3.05, 3.63) is 52.8 Å². The van der Waals surface area contributed by atoms with Crippen molar-refractivity contribution >= 4 is 0 Å². The standard InChI is InChI=1S/C17H22N2O/c1-5-16-17(9-6-13(3)19-16)20-15-8-7-14(11-18-4)12(2)10-15/h6-10,18H,5,11H2,1-4H3. The van der Waals surface area contributed by atoms with Crippen LogP contribution in [0, 0.1) is 13.8 Å². The third-order valence-electron chi connectivity index (χ3n) is 3.32. The molecule has 0 radical (unpaired) electrons. The van der Waals surface area contributed by atoms with Gasteiger partial charge in [-0.15, -0.1) is 0 Å². The monoisotopic (exact) mass is 270 g/mol. The molecule has 0 atom stereocenters. The molecule has 1 N–H and O–H groups in total. The van der Waals surface area contributed by atoms with E-state index in [-0.39, 0.29) is 0 Å². The van der Waals surface area contributed by atoms with Crippen molar-refractivity contribution in [2.24, 2.45) is 0 Å². The number of nitrogens with zero attached hydrogens (tertiary/aromatic N) is 1. The molecule has 106 valence electrons. The molecule has 1 aromatic heterocycles. The van der Waals surface area contributed by atoms with Gasteiger partial charge in [0.15, 0.2) is 0 Å². The second kappa shape index (κ2) is 6.53. The van der Waals surface area contributed by atoms with Gasteiger partial charge in [-0.05, 0) is 62.7 Å². The van der Waals surface area contributed by atoms with Crippen LogP contribution in [0.4, 0.5) is 0 Å². The number of aryl methyl sites for hydroxylation is 3. The van der Waals surface area contributed by atoms with Gasteiger partial charge in [0.2, 0.25) is 0 Å². The number of hydrogen-bond acceptors (Lipinski definition) is 3. The number of aromatic nitrogens is 1. The van der Waals surface area contributed by atoms with Crippen LogP contribution in [0.25, 0.3) is 0 Å². The molecule has 1 heterocycles. The minimum absolute atomic E-state index is 0.846. The van der Waals surface area contributed by atoms with Gasteiger partial charge in [0.05, 0.1) is 5.69 Å². The minimum Gasteiger partial charge on any atom is -0.455 e. The summed E-state index contributed by atoms with van der Waals surface area (Å²) >= 11 is 0. The largest absolute Gasteiger partial charge is 0.455 e. The Morgan fingerprint density at radius 3 is 2.60 bits per heavy atom. The van der Waals surface area contributed by atoms with Crippen molar-refractivity contribution in [1.82, 2.24) is 10.3 Å². The summed E-state index contributed by atoms with van der Waals surface area (Å²) in [7, 11) is 1.95. The van der Waals surface area contributed by atoms with E-state index in [2.05, 4.69) is 36.3 Å². The Hall–Kier alpha value is -1.87. The lowest BCUT2D eigenvalue weighted by atomic mass is 10.1. The van der Waals surface area contributed by atoms with Gasteiger partial charge in [-0.1, -0.05) is 13.0 Å². The quantitative estimate of drug-likeness (QED) is 0.898. The molecule has 1 aromatic carbocycles. The third-order valence-corrected chi connectivity index (χ3v) is 3.32. The highest BCUT2D eigenvalue weighted by Gasteiger charge is 2.07. The molecule has 0 saturated heterocycles. The highest BCUT2D eigenvalue weighted by molar-refractivity contribution is 5.39. The van der Waals surface area contributed by atoms with Gasteiger partial charge in [-0.2, -0.15) is 0 Å². The van der Waals surface area contributed by atoms with E-state index in [1.54, 1.807) is 0 Å². The fourth-order valence-electron chi connectivity index (χ4n) is 2.19. The normalized spacial score (nSPS) is 10.6. The lowest BCUT2D eigenvalue weighted by Gasteiger charge is -2.12. The van der Waals surface area contributed by atoms with Crippen LogP contribution in [-0.4, -0.2) is 12.0 Å². The van der Waals surface area contributed by atoms with Gasteiger partial charge < -0.3 is 10.1 Å². The van der Waals surface area contributed by atoms with Gasteiger partial charge in [-0.3, -0.25) is 4.98 Å². The topological polar surface area (TPSA) is 34.1 Å². The summed E-state index contributed by atoms with van der Waals surface area (Å²) in [5.74, 6) is 1.71. The van der Waals surface area contributed by atoms with E-state index in [1.807, 2.05) is 32.2 Å². The van der Waals surface area contributed by atoms with E-state index in [0.29, 0.717) is 0 Å². The molecule has 0 aliphatic carbocycles. The third kappa shape index (κ3) is 3.36. The van der Waals surface area contributed by atoms with Crippen LogP contribution in [0.15, 0.2) is 30.3 Å². The minimum atomic E-state index is 0.846. The van der Waals surface area contributed by atoms with E-state index in [1.165, 1.54) is 11.1 Å². The lowest BCUT2D eigenvalue weighted by molar-refractivity contribution is 0.472. The average molecular weight is 270 g/mol. The predicted octanol–water partition coefficient (Wildman–Crippen LogP) is 3.77. The Kier molecular flexibility index (Phi) is 4.74. The van der Waals surface area contributed by atoms with Gasteiger partial charge in [-0.25, -0.2) is 0 Å². The zero-order valence-corrected chi connectivity index (χ0v) is 12.7. The van der Waals surface area contributed by atoms with Crippen LogP contribution < -0.4 is 10.1 Å². The average Bonchev–Trinajstić information content (AvgIpc) is 2.44. The number of hydrogen-bond donors (Lipinski definition) is 1. The number of benzene rings is 1. The van der Waals surface area contributed by atoms with Crippen molar-refractivity contribution in [2.45, 2.75) is 33.7 Å². The Bertz CT molecular complexity index is 594. The molecule has 0 saturated carbocycles. The molecule has 0 aliphatic heterocycles. The molecule has 0 unspecified atom stereocenters. The van der Waals surface area contributed by atoms with E-state index >= 15 is 0 Å². The maximum atomic E-state index is 5.99. The van der Waals surface area contributed by atoms with E-state index in [4.69, 9.17) is 4.74 Å². The van der Waals surface area contributed by atoms with Crippen molar-refractivity contribution < 1.29 is 4.74 Å². The van der Waals surface area contributed by atoms with Crippen LogP contribution in [0.5, 0.6) is 11.5 Å². The zero-order valence-electron chi connectivity index (χ0n) is 12.7. The Balaban J connectivity index is 2.24. The van der Waals surface area contributed by atoms with Crippen LogP contribution in [0.1, 0.15) is 29.4 Å². The summed E-state index contributed by atoms with van der Waals surface area (Å²) in [5, 5.41) is 3.17. The van der Waals surface area contributed by atoms with Crippen LogP contribution in [0.2, 0.25) is 0 Å². The maximum absolute atomic E-state index is 5.99. The summed E-state index contributed by atoms with van der Waals surface area (Å²) in [6.45, 7) is 7.07. The first-order valence-corrected chi connectivity index (χ1v) is 7.02.